The highest BCUT2D eigenvalue weighted by Crippen LogP contribution is 2.21. The molecule has 2 heterocycles. The molecule has 0 unspecified atom stereocenters. The molecular weight excluding hydrogens is 440 g/mol. The summed E-state index contributed by atoms with van der Waals surface area (Å²) in [6, 6.07) is 15.7. The number of nitrogens with one attached hydrogen (secondary N) is 2. The Morgan fingerprint density at radius 2 is 1.79 bits per heavy atom. The molecule has 2 aromatic carbocycles. The van der Waals surface area contributed by atoms with Gasteiger partial charge >= 0.3 is 0 Å². The van der Waals surface area contributed by atoms with Gasteiger partial charge in [0, 0.05) is 37.1 Å². The third-order valence-corrected chi connectivity index (χ3v) is 6.65. The molecule has 0 spiro atoms. The van der Waals surface area contributed by atoms with Crippen LogP contribution >= 0.6 is 0 Å². The van der Waals surface area contributed by atoms with Crippen LogP contribution in [-0.2, 0) is 21.2 Å². The SMILES string of the molecule is O=C(CCc1ncc(-c2ccccc2)o1)Nc1ccc(S(=O)(=O)NC2=NCCCCC2)cc1. The van der Waals surface area contributed by atoms with Gasteiger partial charge in [0.1, 0.15) is 5.84 Å². The molecule has 0 atom stereocenters. The second-order valence-corrected chi connectivity index (χ2v) is 9.48. The molecule has 1 aliphatic rings. The molecule has 33 heavy (non-hydrogen) atoms. The molecule has 8 nitrogen and oxygen atoms in total. The number of aromatic nitrogens is 1. The number of amides is 1. The zero-order valence-electron chi connectivity index (χ0n) is 18.2. The van der Waals surface area contributed by atoms with Gasteiger partial charge in [-0.25, -0.2) is 13.4 Å². The van der Waals surface area contributed by atoms with Crippen LogP contribution in [0.3, 0.4) is 0 Å². The van der Waals surface area contributed by atoms with Crippen molar-refractivity contribution >= 4 is 27.5 Å². The molecular formula is C24H26N4O4S. The van der Waals surface area contributed by atoms with Crippen molar-refractivity contribution in [1.29, 1.82) is 0 Å². The Morgan fingerprint density at radius 1 is 1.00 bits per heavy atom. The average molecular weight is 467 g/mol. The Kier molecular flexibility index (Phi) is 7.19. The van der Waals surface area contributed by atoms with E-state index in [1.54, 1.807) is 18.3 Å². The molecule has 4 rings (SSSR count). The molecule has 1 amide bonds. The maximum atomic E-state index is 12.6. The fourth-order valence-electron chi connectivity index (χ4n) is 3.49. The fourth-order valence-corrected chi connectivity index (χ4v) is 4.58. The van der Waals surface area contributed by atoms with Crippen LogP contribution in [0.1, 0.15) is 38.0 Å². The Bertz CT molecular complexity index is 1220. The number of oxazole rings is 1. The smallest absolute Gasteiger partial charge is 0.262 e. The van der Waals surface area contributed by atoms with Gasteiger partial charge in [0.05, 0.1) is 11.1 Å². The number of rotatable bonds is 7. The van der Waals surface area contributed by atoms with Crippen LogP contribution in [-0.4, -0.2) is 31.7 Å². The number of amidine groups is 1. The first-order chi connectivity index (χ1) is 16.0. The normalized spacial score (nSPS) is 14.2. The second kappa shape index (κ2) is 10.4. The van der Waals surface area contributed by atoms with E-state index in [9.17, 15) is 13.2 Å². The monoisotopic (exact) mass is 466 g/mol. The minimum Gasteiger partial charge on any atom is -0.441 e. The molecule has 0 saturated heterocycles. The number of benzene rings is 2. The van der Waals surface area contributed by atoms with Crippen LogP contribution in [0.5, 0.6) is 0 Å². The van der Waals surface area contributed by atoms with Gasteiger partial charge in [-0.05, 0) is 37.1 Å². The summed E-state index contributed by atoms with van der Waals surface area (Å²) in [6.45, 7) is 0.643. The van der Waals surface area contributed by atoms with Crippen LogP contribution < -0.4 is 10.0 Å². The van der Waals surface area contributed by atoms with Crippen LogP contribution in [0, 0.1) is 0 Å². The number of carbonyl (C=O) groups excluding carboxylic acids is 1. The first-order valence-corrected chi connectivity index (χ1v) is 12.4. The van der Waals surface area contributed by atoms with E-state index in [-0.39, 0.29) is 17.2 Å². The van der Waals surface area contributed by atoms with Crippen LogP contribution in [0.4, 0.5) is 5.69 Å². The number of sulfonamides is 1. The molecule has 2 N–H and O–H groups in total. The minimum atomic E-state index is -3.70. The van der Waals surface area contributed by atoms with E-state index < -0.39 is 10.0 Å². The Hall–Kier alpha value is -3.46. The molecule has 172 valence electrons. The van der Waals surface area contributed by atoms with E-state index in [0.717, 1.165) is 24.8 Å². The van der Waals surface area contributed by atoms with Gasteiger partial charge in [-0.2, -0.15) is 0 Å². The summed E-state index contributed by atoms with van der Waals surface area (Å²) in [5, 5.41) is 2.77. The zero-order valence-corrected chi connectivity index (χ0v) is 19.0. The van der Waals surface area contributed by atoms with Crippen molar-refractivity contribution in [2.75, 3.05) is 11.9 Å². The molecule has 1 aromatic heterocycles. The summed E-state index contributed by atoms with van der Waals surface area (Å²) >= 11 is 0. The number of aliphatic imine (C=N–C) groups is 1. The summed E-state index contributed by atoms with van der Waals surface area (Å²) in [7, 11) is -3.70. The number of aryl methyl sites for hydroxylation is 1. The standard InChI is InChI=1S/C24H26N4O4S/c29-23(14-15-24-26-17-21(32-24)18-7-3-1-4-8-18)27-19-10-12-20(13-11-19)33(30,31)28-22-9-5-2-6-16-25-22/h1,3-4,7-8,10-13,17H,2,5-6,9,14-16H2,(H,25,28)(H,27,29). The largest absolute Gasteiger partial charge is 0.441 e. The van der Waals surface area contributed by atoms with Gasteiger partial charge in [0.2, 0.25) is 5.91 Å². The summed E-state index contributed by atoms with van der Waals surface area (Å²) < 4.78 is 33.5. The van der Waals surface area contributed by atoms with Crippen LogP contribution in [0.25, 0.3) is 11.3 Å². The number of anilines is 1. The fraction of sp³-hybridized carbons (Fsp3) is 0.292. The third kappa shape index (κ3) is 6.29. The average Bonchev–Trinajstić information content (AvgIpc) is 3.16. The van der Waals surface area contributed by atoms with Crippen molar-refractivity contribution in [3.8, 4) is 11.3 Å². The summed E-state index contributed by atoms with van der Waals surface area (Å²) in [5.74, 6) is 1.44. The molecule has 9 heteroatoms. The van der Waals surface area contributed by atoms with Crippen molar-refractivity contribution in [3.05, 3.63) is 66.7 Å². The maximum absolute atomic E-state index is 12.6. The number of hydrogen-bond acceptors (Lipinski definition) is 6. The molecule has 1 aliphatic heterocycles. The highest BCUT2D eigenvalue weighted by molar-refractivity contribution is 7.90. The molecule has 0 bridgehead atoms. The topological polar surface area (TPSA) is 114 Å². The number of nitrogens with zero attached hydrogens (tertiary/aromatic N) is 2. The lowest BCUT2D eigenvalue weighted by atomic mass is 10.2. The van der Waals surface area contributed by atoms with Gasteiger partial charge < -0.3 is 9.73 Å². The van der Waals surface area contributed by atoms with Crippen LogP contribution in [0.15, 0.2) is 75.1 Å². The van der Waals surface area contributed by atoms with Gasteiger partial charge in [-0.1, -0.05) is 36.8 Å². The van der Waals surface area contributed by atoms with Crippen molar-refractivity contribution < 1.29 is 17.6 Å². The van der Waals surface area contributed by atoms with E-state index in [1.807, 2.05) is 30.3 Å². The molecule has 0 radical (unpaired) electrons. The highest BCUT2D eigenvalue weighted by atomic mass is 32.2. The summed E-state index contributed by atoms with van der Waals surface area (Å²) in [4.78, 5) is 21.0. The predicted molar refractivity (Wildman–Crippen MR) is 126 cm³/mol. The van der Waals surface area contributed by atoms with E-state index in [1.165, 1.54) is 12.1 Å². The van der Waals surface area contributed by atoms with Gasteiger partial charge in [-0.15, -0.1) is 0 Å². The van der Waals surface area contributed by atoms with Crippen LogP contribution in [0.2, 0.25) is 0 Å². The van der Waals surface area contributed by atoms with Gasteiger partial charge in [0.15, 0.2) is 11.7 Å². The van der Waals surface area contributed by atoms with Gasteiger partial charge in [-0.3, -0.25) is 14.5 Å². The van der Waals surface area contributed by atoms with E-state index in [0.29, 0.717) is 42.6 Å². The molecule has 3 aromatic rings. The highest BCUT2D eigenvalue weighted by Gasteiger charge is 2.17. The Morgan fingerprint density at radius 3 is 2.58 bits per heavy atom. The van der Waals surface area contributed by atoms with E-state index in [2.05, 4.69) is 20.0 Å². The van der Waals surface area contributed by atoms with E-state index >= 15 is 0 Å². The first-order valence-electron chi connectivity index (χ1n) is 11.0. The number of carbonyl (C=O) groups is 1. The lowest BCUT2D eigenvalue weighted by Crippen LogP contribution is -2.30. The molecule has 0 aliphatic carbocycles. The van der Waals surface area contributed by atoms with Crippen molar-refractivity contribution in [1.82, 2.24) is 9.71 Å². The summed E-state index contributed by atoms with van der Waals surface area (Å²) in [6.07, 6.45) is 5.78. The maximum Gasteiger partial charge on any atom is 0.262 e. The minimum absolute atomic E-state index is 0.126. The van der Waals surface area contributed by atoms with Gasteiger partial charge in [0.25, 0.3) is 10.0 Å². The van der Waals surface area contributed by atoms with Crippen molar-refractivity contribution in [2.24, 2.45) is 4.99 Å². The Balaban J connectivity index is 1.30. The lowest BCUT2D eigenvalue weighted by molar-refractivity contribution is -0.116. The molecule has 0 fully saturated rings. The first kappa shape index (κ1) is 22.7. The zero-order chi connectivity index (χ0) is 23.1. The Labute approximate surface area is 193 Å². The van der Waals surface area contributed by atoms with E-state index in [4.69, 9.17) is 4.42 Å². The number of hydrogen-bond donors (Lipinski definition) is 2. The quantitative estimate of drug-likeness (QED) is 0.543. The third-order valence-electron chi connectivity index (χ3n) is 5.25. The lowest BCUT2D eigenvalue weighted by Gasteiger charge is -2.10. The molecule has 0 saturated carbocycles. The van der Waals surface area contributed by atoms with Crippen molar-refractivity contribution in [3.63, 3.8) is 0 Å². The van der Waals surface area contributed by atoms with Crippen molar-refractivity contribution in [2.45, 2.75) is 43.4 Å². The second-order valence-electron chi connectivity index (χ2n) is 7.80. The predicted octanol–water partition coefficient (Wildman–Crippen LogP) is 4.16. The summed E-state index contributed by atoms with van der Waals surface area (Å²) in [5.41, 5.74) is 1.44.